The Labute approximate surface area is 121 Å². The van der Waals surface area contributed by atoms with E-state index in [0.29, 0.717) is 6.54 Å². The van der Waals surface area contributed by atoms with Crippen molar-refractivity contribution < 1.29 is 9.84 Å². The molecule has 1 aliphatic rings. The molecule has 0 aliphatic carbocycles. The van der Waals surface area contributed by atoms with Crippen LogP contribution in [0.15, 0.2) is 24.3 Å². The third kappa shape index (κ3) is 4.87. The number of ether oxygens (including phenoxy) is 1. The first kappa shape index (κ1) is 15.4. The molecule has 1 fully saturated rings. The maximum Gasteiger partial charge on any atom is 0.0791 e. The summed E-state index contributed by atoms with van der Waals surface area (Å²) in [4.78, 5) is 2.26. The summed E-state index contributed by atoms with van der Waals surface area (Å²) in [5.41, 5.74) is 2.53. The number of nitrogens with zero attached hydrogens (tertiary/aromatic N) is 1. The number of morpholine rings is 1. The molecule has 4 heteroatoms. The van der Waals surface area contributed by atoms with Crippen LogP contribution in [-0.2, 0) is 4.74 Å². The largest absolute Gasteiger partial charge is 0.390 e. The van der Waals surface area contributed by atoms with E-state index < -0.39 is 0 Å². The van der Waals surface area contributed by atoms with Crippen LogP contribution in [0.3, 0.4) is 0 Å². The first-order chi connectivity index (χ1) is 9.65. The minimum Gasteiger partial charge on any atom is -0.390 e. The van der Waals surface area contributed by atoms with E-state index in [1.807, 2.05) is 0 Å². The second-order valence-electron chi connectivity index (χ2n) is 5.61. The van der Waals surface area contributed by atoms with Crippen LogP contribution in [0.1, 0.15) is 24.1 Å². The first-order valence-corrected chi connectivity index (χ1v) is 7.43. The second kappa shape index (κ2) is 7.74. The van der Waals surface area contributed by atoms with Crippen molar-refractivity contribution in [1.29, 1.82) is 0 Å². The van der Waals surface area contributed by atoms with Crippen LogP contribution in [0, 0.1) is 6.92 Å². The number of nitrogens with one attached hydrogen (secondary N) is 1. The van der Waals surface area contributed by atoms with Crippen molar-refractivity contribution in [3.8, 4) is 0 Å². The van der Waals surface area contributed by atoms with Gasteiger partial charge in [0.1, 0.15) is 0 Å². The van der Waals surface area contributed by atoms with Gasteiger partial charge >= 0.3 is 0 Å². The summed E-state index contributed by atoms with van der Waals surface area (Å²) >= 11 is 0. The highest BCUT2D eigenvalue weighted by molar-refractivity contribution is 5.23. The lowest BCUT2D eigenvalue weighted by atomic mass is 10.1. The molecule has 1 aromatic carbocycles. The monoisotopic (exact) mass is 278 g/mol. The fourth-order valence-electron chi connectivity index (χ4n) is 2.43. The van der Waals surface area contributed by atoms with Gasteiger partial charge in [-0.05, 0) is 19.4 Å². The predicted molar refractivity (Wildman–Crippen MR) is 80.9 cm³/mol. The molecule has 1 aromatic rings. The Hall–Kier alpha value is -0.940. The molecule has 0 spiro atoms. The van der Waals surface area contributed by atoms with Gasteiger partial charge in [-0.3, -0.25) is 4.90 Å². The van der Waals surface area contributed by atoms with Crippen LogP contribution in [0.5, 0.6) is 0 Å². The van der Waals surface area contributed by atoms with Gasteiger partial charge in [0.2, 0.25) is 0 Å². The van der Waals surface area contributed by atoms with Crippen LogP contribution in [-0.4, -0.2) is 55.5 Å². The summed E-state index contributed by atoms with van der Waals surface area (Å²) in [5.74, 6) is 0. The summed E-state index contributed by atoms with van der Waals surface area (Å²) in [5, 5.41) is 13.5. The van der Waals surface area contributed by atoms with E-state index >= 15 is 0 Å². The molecule has 2 N–H and O–H groups in total. The first-order valence-electron chi connectivity index (χ1n) is 7.43. The van der Waals surface area contributed by atoms with Crippen LogP contribution < -0.4 is 5.32 Å². The second-order valence-corrected chi connectivity index (χ2v) is 5.61. The summed E-state index contributed by atoms with van der Waals surface area (Å²) in [6, 6.07) is 8.79. The molecule has 1 heterocycles. The smallest absolute Gasteiger partial charge is 0.0791 e. The fourth-order valence-corrected chi connectivity index (χ4v) is 2.43. The Bertz CT molecular complexity index is 388. The van der Waals surface area contributed by atoms with E-state index in [1.54, 1.807) is 0 Å². The number of rotatable bonds is 6. The van der Waals surface area contributed by atoms with Crippen molar-refractivity contribution in [3.05, 3.63) is 35.4 Å². The standard InChI is InChI=1S/C16H26N2O2/c1-13-3-5-15(6-4-13)14(2)17-11-16(19)12-18-7-9-20-10-8-18/h3-6,14,16-17,19H,7-12H2,1-2H3. The number of benzene rings is 1. The SMILES string of the molecule is Cc1ccc(C(C)NCC(O)CN2CCOCC2)cc1. The molecule has 0 radical (unpaired) electrons. The molecule has 2 atom stereocenters. The summed E-state index contributed by atoms with van der Waals surface area (Å²) in [6.07, 6.45) is -0.332. The highest BCUT2D eigenvalue weighted by Gasteiger charge is 2.15. The highest BCUT2D eigenvalue weighted by Crippen LogP contribution is 2.12. The summed E-state index contributed by atoms with van der Waals surface area (Å²) in [6.45, 7) is 8.96. The molecule has 0 bridgehead atoms. The highest BCUT2D eigenvalue weighted by atomic mass is 16.5. The van der Waals surface area contributed by atoms with Crippen molar-refractivity contribution in [2.24, 2.45) is 0 Å². The molecular formula is C16H26N2O2. The van der Waals surface area contributed by atoms with Gasteiger partial charge in [0.15, 0.2) is 0 Å². The fraction of sp³-hybridized carbons (Fsp3) is 0.625. The lowest BCUT2D eigenvalue weighted by molar-refractivity contribution is 0.0145. The van der Waals surface area contributed by atoms with Gasteiger partial charge in [-0.2, -0.15) is 0 Å². The zero-order valence-electron chi connectivity index (χ0n) is 12.5. The van der Waals surface area contributed by atoms with E-state index in [2.05, 4.69) is 48.3 Å². The molecule has 1 saturated heterocycles. The summed E-state index contributed by atoms with van der Waals surface area (Å²) < 4.78 is 5.31. The molecule has 2 rings (SSSR count). The van der Waals surface area contributed by atoms with E-state index in [0.717, 1.165) is 32.8 Å². The van der Waals surface area contributed by atoms with Gasteiger partial charge in [-0.15, -0.1) is 0 Å². The Kier molecular flexibility index (Phi) is 5.98. The van der Waals surface area contributed by atoms with Crippen LogP contribution in [0.2, 0.25) is 0 Å². The molecule has 1 aliphatic heterocycles. The van der Waals surface area contributed by atoms with Gasteiger partial charge in [0, 0.05) is 32.2 Å². The van der Waals surface area contributed by atoms with Gasteiger partial charge in [-0.1, -0.05) is 29.8 Å². The predicted octanol–water partition coefficient (Wildman–Crippen LogP) is 1.34. The minimum absolute atomic E-state index is 0.259. The van der Waals surface area contributed by atoms with Crippen molar-refractivity contribution in [2.75, 3.05) is 39.4 Å². The lowest BCUT2D eigenvalue weighted by Gasteiger charge is -2.29. The zero-order chi connectivity index (χ0) is 14.4. The summed E-state index contributed by atoms with van der Waals surface area (Å²) in [7, 11) is 0. The topological polar surface area (TPSA) is 44.7 Å². The van der Waals surface area contributed by atoms with Gasteiger partial charge in [0.25, 0.3) is 0 Å². The number of β-amino-alcohol motifs (C(OH)–C–C–N with tert-alkyl or cyclic N) is 1. The number of hydrogen-bond acceptors (Lipinski definition) is 4. The van der Waals surface area contributed by atoms with Crippen molar-refractivity contribution in [2.45, 2.75) is 26.0 Å². The Balaban J connectivity index is 1.71. The molecule has 20 heavy (non-hydrogen) atoms. The third-order valence-corrected chi connectivity index (χ3v) is 3.81. The Morgan fingerprint density at radius 3 is 2.55 bits per heavy atom. The zero-order valence-corrected chi connectivity index (χ0v) is 12.5. The molecule has 2 unspecified atom stereocenters. The average Bonchev–Trinajstić information content (AvgIpc) is 2.46. The lowest BCUT2D eigenvalue weighted by Crippen LogP contribution is -2.44. The maximum atomic E-state index is 10.1. The number of hydrogen-bond donors (Lipinski definition) is 2. The maximum absolute atomic E-state index is 10.1. The van der Waals surface area contributed by atoms with Gasteiger partial charge < -0.3 is 15.2 Å². The molecule has 112 valence electrons. The number of aliphatic hydroxyl groups is 1. The van der Waals surface area contributed by atoms with Crippen LogP contribution >= 0.6 is 0 Å². The molecule has 4 nitrogen and oxygen atoms in total. The van der Waals surface area contributed by atoms with Crippen LogP contribution in [0.25, 0.3) is 0 Å². The normalized spacial score (nSPS) is 19.8. The number of aliphatic hydroxyl groups excluding tert-OH is 1. The van der Waals surface area contributed by atoms with E-state index in [1.165, 1.54) is 11.1 Å². The van der Waals surface area contributed by atoms with Crippen molar-refractivity contribution in [3.63, 3.8) is 0 Å². The van der Waals surface area contributed by atoms with E-state index in [-0.39, 0.29) is 12.1 Å². The van der Waals surface area contributed by atoms with E-state index in [9.17, 15) is 5.11 Å². The molecule has 0 aromatic heterocycles. The van der Waals surface area contributed by atoms with E-state index in [4.69, 9.17) is 4.74 Å². The van der Waals surface area contributed by atoms with Gasteiger partial charge in [0.05, 0.1) is 19.3 Å². The van der Waals surface area contributed by atoms with Crippen molar-refractivity contribution >= 4 is 0 Å². The Morgan fingerprint density at radius 1 is 1.25 bits per heavy atom. The van der Waals surface area contributed by atoms with Crippen LogP contribution in [0.4, 0.5) is 0 Å². The van der Waals surface area contributed by atoms with Gasteiger partial charge in [-0.25, -0.2) is 0 Å². The quantitative estimate of drug-likeness (QED) is 0.824. The number of aryl methyl sites for hydroxylation is 1. The Morgan fingerprint density at radius 2 is 1.90 bits per heavy atom. The molecule has 0 amide bonds. The minimum atomic E-state index is -0.332. The molecular weight excluding hydrogens is 252 g/mol. The third-order valence-electron chi connectivity index (χ3n) is 3.81. The average molecular weight is 278 g/mol. The van der Waals surface area contributed by atoms with Crippen molar-refractivity contribution in [1.82, 2.24) is 10.2 Å². The molecule has 0 saturated carbocycles.